The zero-order valence-electron chi connectivity index (χ0n) is 22.2. The van der Waals surface area contributed by atoms with Crippen LogP contribution in [-0.4, -0.2) is 46.5 Å². The smallest absolute Gasteiger partial charge is 0.187 e. The van der Waals surface area contributed by atoms with Crippen LogP contribution in [0, 0.1) is 5.92 Å². The largest absolute Gasteiger partial charge is 0.495 e. The van der Waals surface area contributed by atoms with Crippen LogP contribution in [0.1, 0.15) is 25.0 Å². The number of aryl methyl sites for hydroxylation is 1. The van der Waals surface area contributed by atoms with Crippen molar-refractivity contribution in [3.05, 3.63) is 48.3 Å². The Bertz CT molecular complexity index is 1620. The van der Waals surface area contributed by atoms with Crippen LogP contribution in [0.2, 0.25) is 0 Å². The van der Waals surface area contributed by atoms with E-state index in [-0.39, 0.29) is 0 Å². The number of hydrogen-bond acceptors (Lipinski definition) is 10. The van der Waals surface area contributed by atoms with Crippen molar-refractivity contribution in [3.63, 3.8) is 0 Å². The average Bonchev–Trinajstić information content (AvgIpc) is 3.30. The third kappa shape index (κ3) is 4.83. The van der Waals surface area contributed by atoms with Gasteiger partial charge in [-0.3, -0.25) is 9.78 Å². The number of hydrogen-bond donors (Lipinski definition) is 3. The Labute approximate surface area is 229 Å². The Morgan fingerprint density at radius 1 is 1.05 bits per heavy atom. The van der Waals surface area contributed by atoms with E-state index < -0.39 is 0 Å². The van der Waals surface area contributed by atoms with Gasteiger partial charge in [-0.2, -0.15) is 10.2 Å². The maximum absolute atomic E-state index is 5.69. The van der Waals surface area contributed by atoms with Gasteiger partial charge >= 0.3 is 0 Å². The van der Waals surface area contributed by atoms with Crippen LogP contribution in [0.15, 0.2) is 52.0 Å². The number of nitrogens with one attached hydrogen (secondary N) is 3. The fourth-order valence-corrected chi connectivity index (χ4v) is 5.42. The molecular weight excluding hydrogens is 518 g/mol. The SMILES string of the molecule is COc1cc2c(NSc3c(OC)cc(-c4ccn(C)n4)cc3OC)noc2cc1Nc1cc([C@@H]2CC2C)[nH]n1. The molecule has 1 fully saturated rings. The van der Waals surface area contributed by atoms with Gasteiger partial charge in [0.1, 0.15) is 22.1 Å². The Morgan fingerprint density at radius 3 is 2.44 bits per heavy atom. The topological polar surface area (TPSA) is 124 Å². The summed E-state index contributed by atoms with van der Waals surface area (Å²) in [4.78, 5) is 0.764. The fraction of sp³-hybridized carbons (Fsp3) is 0.296. The number of ether oxygens (including phenoxy) is 3. The molecule has 2 atom stereocenters. The molecule has 3 aromatic heterocycles. The fourth-order valence-electron chi connectivity index (χ4n) is 4.59. The van der Waals surface area contributed by atoms with Gasteiger partial charge in [0.15, 0.2) is 17.2 Å². The van der Waals surface area contributed by atoms with Crippen LogP contribution in [0.5, 0.6) is 17.2 Å². The van der Waals surface area contributed by atoms with E-state index in [0.29, 0.717) is 40.5 Å². The van der Waals surface area contributed by atoms with E-state index in [1.54, 1.807) is 26.0 Å². The van der Waals surface area contributed by atoms with Gasteiger partial charge < -0.3 is 28.8 Å². The molecule has 3 heterocycles. The van der Waals surface area contributed by atoms with Gasteiger partial charge in [-0.1, -0.05) is 12.1 Å². The molecular formula is C27H29N7O4S. The van der Waals surface area contributed by atoms with Crippen LogP contribution in [0.25, 0.3) is 22.2 Å². The van der Waals surface area contributed by atoms with E-state index >= 15 is 0 Å². The van der Waals surface area contributed by atoms with E-state index in [4.69, 9.17) is 18.7 Å². The predicted octanol–water partition coefficient (Wildman–Crippen LogP) is 5.96. The molecule has 39 heavy (non-hydrogen) atoms. The summed E-state index contributed by atoms with van der Waals surface area (Å²) in [5.74, 6) is 4.44. The van der Waals surface area contributed by atoms with Crippen molar-refractivity contribution in [2.45, 2.75) is 24.2 Å². The summed E-state index contributed by atoms with van der Waals surface area (Å²) < 4.78 is 27.7. The standard InChI is InChI=1S/C27H29N7O4S/c1-14-8-16(14)19-13-25(30-29-19)28-20-12-21-17(11-22(20)35-3)27(32-38-21)33-39-26-23(36-4)9-15(10-24(26)37-5)18-6-7-34(2)31-18/h6-7,9-14,16H,8H2,1-5H3,(H,32,33)(H2,28,29,30)/t14?,16-/m1/s1. The highest BCUT2D eigenvalue weighted by atomic mass is 32.2. The van der Waals surface area contributed by atoms with Crippen molar-refractivity contribution in [3.8, 4) is 28.5 Å². The second-order valence-electron chi connectivity index (χ2n) is 9.52. The minimum absolute atomic E-state index is 0.544. The molecule has 202 valence electrons. The summed E-state index contributed by atoms with van der Waals surface area (Å²) in [5, 5.41) is 20.4. The number of H-pyrrole nitrogens is 1. The summed E-state index contributed by atoms with van der Waals surface area (Å²) in [7, 11) is 6.76. The summed E-state index contributed by atoms with van der Waals surface area (Å²) >= 11 is 1.32. The van der Waals surface area contributed by atoms with Gasteiger partial charge in [-0.25, -0.2) is 0 Å². The number of fused-ring (bicyclic) bond motifs is 1. The number of rotatable bonds is 10. The molecule has 0 bridgehead atoms. The molecule has 6 rings (SSSR count). The molecule has 3 N–H and O–H groups in total. The van der Waals surface area contributed by atoms with Crippen molar-refractivity contribution in [1.82, 2.24) is 25.1 Å². The predicted molar refractivity (Wildman–Crippen MR) is 150 cm³/mol. The van der Waals surface area contributed by atoms with Gasteiger partial charge in [0.2, 0.25) is 0 Å². The molecule has 0 saturated heterocycles. The number of benzene rings is 2. The number of anilines is 3. The third-order valence-electron chi connectivity index (χ3n) is 6.88. The monoisotopic (exact) mass is 547 g/mol. The summed E-state index contributed by atoms with van der Waals surface area (Å²) in [6, 6.07) is 11.6. The lowest BCUT2D eigenvalue weighted by molar-refractivity contribution is 0.377. The van der Waals surface area contributed by atoms with E-state index in [1.165, 1.54) is 18.4 Å². The first-order valence-electron chi connectivity index (χ1n) is 12.5. The van der Waals surface area contributed by atoms with Gasteiger partial charge in [0, 0.05) is 42.6 Å². The summed E-state index contributed by atoms with van der Waals surface area (Å²) in [6.45, 7) is 2.24. The minimum Gasteiger partial charge on any atom is -0.495 e. The van der Waals surface area contributed by atoms with E-state index in [1.807, 2.05) is 49.6 Å². The van der Waals surface area contributed by atoms with Crippen LogP contribution in [0.4, 0.5) is 17.3 Å². The Morgan fingerprint density at radius 2 is 1.79 bits per heavy atom. The van der Waals surface area contributed by atoms with Crippen LogP contribution < -0.4 is 24.2 Å². The average molecular weight is 548 g/mol. The zero-order chi connectivity index (χ0) is 27.1. The Kier molecular flexibility index (Phi) is 6.47. The van der Waals surface area contributed by atoms with E-state index in [0.717, 1.165) is 38.7 Å². The van der Waals surface area contributed by atoms with Crippen LogP contribution in [-0.2, 0) is 7.05 Å². The highest BCUT2D eigenvalue weighted by Crippen LogP contribution is 2.47. The second-order valence-corrected chi connectivity index (χ2v) is 10.3. The van der Waals surface area contributed by atoms with E-state index in [2.05, 4.69) is 37.4 Å². The normalized spacial score (nSPS) is 16.3. The maximum Gasteiger partial charge on any atom is 0.187 e. The molecule has 2 aromatic carbocycles. The van der Waals surface area contributed by atoms with Crippen molar-refractivity contribution in [2.24, 2.45) is 13.0 Å². The Balaban J connectivity index is 1.25. The quantitative estimate of drug-likeness (QED) is 0.180. The lowest BCUT2D eigenvalue weighted by atomic mass is 10.1. The first-order chi connectivity index (χ1) is 19.0. The first-order valence-corrected chi connectivity index (χ1v) is 13.3. The number of methoxy groups -OCH3 is 3. The highest BCUT2D eigenvalue weighted by Gasteiger charge is 2.35. The second kappa shape index (κ2) is 10.1. The van der Waals surface area contributed by atoms with Crippen LogP contribution in [0.3, 0.4) is 0 Å². The van der Waals surface area contributed by atoms with Gasteiger partial charge in [-0.15, -0.1) is 0 Å². The molecule has 0 radical (unpaired) electrons. The molecule has 1 saturated carbocycles. The molecule has 0 spiro atoms. The zero-order valence-corrected chi connectivity index (χ0v) is 23.0. The molecule has 1 unspecified atom stereocenters. The van der Waals surface area contributed by atoms with Crippen molar-refractivity contribution in [1.29, 1.82) is 0 Å². The number of aromatic amines is 1. The van der Waals surface area contributed by atoms with Crippen LogP contribution >= 0.6 is 11.9 Å². The van der Waals surface area contributed by atoms with E-state index in [9.17, 15) is 0 Å². The first kappa shape index (κ1) is 25.0. The number of aromatic nitrogens is 5. The molecule has 0 aliphatic heterocycles. The minimum atomic E-state index is 0.544. The lowest BCUT2D eigenvalue weighted by Crippen LogP contribution is -1.97. The molecule has 1 aliphatic rings. The summed E-state index contributed by atoms with van der Waals surface area (Å²) in [5.41, 5.74) is 4.19. The van der Waals surface area contributed by atoms with Gasteiger partial charge in [0.05, 0.1) is 38.1 Å². The Hall–Kier alpha value is -4.32. The highest BCUT2D eigenvalue weighted by molar-refractivity contribution is 8.00. The molecule has 12 heteroatoms. The maximum atomic E-state index is 5.69. The summed E-state index contributed by atoms with van der Waals surface area (Å²) in [6.07, 6.45) is 3.08. The molecule has 0 amide bonds. The van der Waals surface area contributed by atoms with Crippen molar-refractivity contribution in [2.75, 3.05) is 31.4 Å². The van der Waals surface area contributed by atoms with Crippen molar-refractivity contribution < 1.29 is 18.7 Å². The lowest BCUT2D eigenvalue weighted by Gasteiger charge is -2.14. The molecule has 11 nitrogen and oxygen atoms in total. The van der Waals surface area contributed by atoms with Crippen molar-refractivity contribution >= 4 is 40.2 Å². The van der Waals surface area contributed by atoms with Gasteiger partial charge in [0.25, 0.3) is 0 Å². The molecule has 1 aliphatic carbocycles. The third-order valence-corrected chi connectivity index (χ3v) is 7.78. The van der Waals surface area contributed by atoms with Gasteiger partial charge in [-0.05, 0) is 48.6 Å². The number of nitrogens with zero attached hydrogens (tertiary/aromatic N) is 4. The molecule has 5 aromatic rings.